The molecule has 18 heavy (non-hydrogen) atoms. The van der Waals surface area contributed by atoms with Gasteiger partial charge >= 0.3 is 0 Å². The van der Waals surface area contributed by atoms with Crippen molar-refractivity contribution >= 4 is 0 Å². The van der Waals surface area contributed by atoms with Gasteiger partial charge in [0, 0.05) is 5.92 Å². The Morgan fingerprint density at radius 3 is 2.22 bits per heavy atom. The van der Waals surface area contributed by atoms with E-state index in [1.165, 1.54) is 11.1 Å². The van der Waals surface area contributed by atoms with E-state index in [0.29, 0.717) is 5.92 Å². The van der Waals surface area contributed by atoms with E-state index >= 15 is 0 Å². The molecule has 0 spiro atoms. The first-order valence-corrected chi connectivity index (χ1v) is 6.88. The molecule has 0 aliphatic carbocycles. The maximum atomic E-state index is 10.5. The van der Waals surface area contributed by atoms with Gasteiger partial charge in [-0.3, -0.25) is 0 Å². The second-order valence-electron chi connectivity index (χ2n) is 5.74. The zero-order valence-corrected chi connectivity index (χ0v) is 11.8. The summed E-state index contributed by atoms with van der Waals surface area (Å²) in [6.07, 6.45) is 0.797. The van der Waals surface area contributed by atoms with Gasteiger partial charge in [-0.2, -0.15) is 0 Å². The number of aliphatic hydroxyl groups is 1. The summed E-state index contributed by atoms with van der Waals surface area (Å²) in [5.41, 5.74) is 2.46. The van der Waals surface area contributed by atoms with Crippen LogP contribution >= 0.6 is 0 Å². The Labute approximate surface area is 110 Å². The predicted octanol–water partition coefficient (Wildman–Crippen LogP) is 2.96. The number of aliphatic hydroxyl groups excluding tert-OH is 1. The average molecular weight is 248 g/mol. The highest BCUT2D eigenvalue weighted by atomic mass is 16.5. The second-order valence-corrected chi connectivity index (χ2v) is 5.74. The minimum Gasteiger partial charge on any atom is -0.392 e. The van der Waals surface area contributed by atoms with E-state index in [1.807, 2.05) is 0 Å². The van der Waals surface area contributed by atoms with E-state index in [2.05, 4.69) is 52.0 Å². The van der Waals surface area contributed by atoms with Crippen molar-refractivity contribution in [2.45, 2.75) is 52.4 Å². The number of hydrogen-bond donors (Lipinski definition) is 1. The summed E-state index contributed by atoms with van der Waals surface area (Å²) < 4.78 is 5.80. The van der Waals surface area contributed by atoms with Crippen LogP contribution in [0.3, 0.4) is 0 Å². The van der Waals surface area contributed by atoms with Crippen LogP contribution in [-0.4, -0.2) is 23.4 Å². The smallest absolute Gasteiger partial charge is 0.0636 e. The number of rotatable bonds is 3. The molecule has 0 radical (unpaired) electrons. The molecule has 0 amide bonds. The molecule has 2 nitrogen and oxygen atoms in total. The van der Waals surface area contributed by atoms with Gasteiger partial charge in [0.05, 0.1) is 18.3 Å². The van der Waals surface area contributed by atoms with Crippen LogP contribution in [0.25, 0.3) is 0 Å². The molecule has 1 aliphatic rings. The Balaban J connectivity index is 2.03. The average Bonchev–Trinajstić information content (AvgIpc) is 2.56. The summed E-state index contributed by atoms with van der Waals surface area (Å²) in [6.45, 7) is 8.43. The lowest BCUT2D eigenvalue weighted by Gasteiger charge is -2.24. The van der Waals surface area contributed by atoms with Crippen LogP contribution in [0.15, 0.2) is 24.3 Å². The van der Waals surface area contributed by atoms with Crippen LogP contribution in [0.1, 0.15) is 31.9 Å². The summed E-state index contributed by atoms with van der Waals surface area (Å²) >= 11 is 0. The molecule has 0 saturated carbocycles. The maximum absolute atomic E-state index is 10.5. The molecule has 1 aliphatic heterocycles. The molecule has 1 fully saturated rings. The fourth-order valence-electron chi connectivity index (χ4n) is 3.06. The zero-order valence-electron chi connectivity index (χ0n) is 11.8. The van der Waals surface area contributed by atoms with Crippen molar-refractivity contribution in [3.8, 4) is 0 Å². The molecule has 1 saturated heterocycles. The fourth-order valence-corrected chi connectivity index (χ4v) is 3.06. The van der Waals surface area contributed by atoms with E-state index in [0.717, 1.165) is 6.42 Å². The van der Waals surface area contributed by atoms with Gasteiger partial charge in [0.2, 0.25) is 0 Å². The molecule has 1 aromatic carbocycles. The summed E-state index contributed by atoms with van der Waals surface area (Å²) in [6, 6.07) is 8.41. The van der Waals surface area contributed by atoms with Crippen LogP contribution in [0.4, 0.5) is 0 Å². The lowest BCUT2D eigenvalue weighted by molar-refractivity contribution is 0.0240. The summed E-state index contributed by atoms with van der Waals surface area (Å²) in [4.78, 5) is 0. The van der Waals surface area contributed by atoms with Crippen molar-refractivity contribution < 1.29 is 9.84 Å². The maximum Gasteiger partial charge on any atom is 0.0636 e. The number of ether oxygens (including phenoxy) is 1. The fraction of sp³-hybridized carbons (Fsp3) is 0.625. The molecule has 1 heterocycles. The molecule has 5 unspecified atom stereocenters. The van der Waals surface area contributed by atoms with E-state index in [4.69, 9.17) is 4.74 Å². The third-order valence-corrected chi connectivity index (χ3v) is 4.33. The largest absolute Gasteiger partial charge is 0.392 e. The van der Waals surface area contributed by atoms with E-state index in [-0.39, 0.29) is 24.2 Å². The molecular weight excluding hydrogens is 224 g/mol. The first-order chi connectivity index (χ1) is 8.49. The van der Waals surface area contributed by atoms with Crippen molar-refractivity contribution in [2.75, 3.05) is 0 Å². The van der Waals surface area contributed by atoms with Crippen LogP contribution in [-0.2, 0) is 11.2 Å². The van der Waals surface area contributed by atoms with Gasteiger partial charge in [0.25, 0.3) is 0 Å². The number of hydrogen-bond acceptors (Lipinski definition) is 2. The van der Waals surface area contributed by atoms with Gasteiger partial charge in [-0.05, 0) is 38.7 Å². The van der Waals surface area contributed by atoms with Crippen molar-refractivity contribution in [1.29, 1.82) is 0 Å². The van der Waals surface area contributed by atoms with Crippen LogP contribution in [0.5, 0.6) is 0 Å². The van der Waals surface area contributed by atoms with Gasteiger partial charge in [0.15, 0.2) is 0 Å². The normalized spacial score (nSPS) is 33.6. The van der Waals surface area contributed by atoms with Crippen LogP contribution < -0.4 is 0 Å². The topological polar surface area (TPSA) is 29.5 Å². The predicted molar refractivity (Wildman–Crippen MR) is 73.6 cm³/mol. The summed E-state index contributed by atoms with van der Waals surface area (Å²) in [5, 5.41) is 10.5. The SMILES string of the molecule is Cc1ccc(CC(O)C2C(C)OC(C)C2C)cc1. The molecule has 1 N–H and O–H groups in total. The van der Waals surface area contributed by atoms with E-state index in [9.17, 15) is 5.11 Å². The standard InChI is InChI=1S/C16H24O2/c1-10-5-7-14(8-6-10)9-15(17)16-11(2)12(3)18-13(16)4/h5-8,11-13,15-17H,9H2,1-4H3. The first-order valence-electron chi connectivity index (χ1n) is 6.88. The minimum atomic E-state index is -0.317. The summed E-state index contributed by atoms with van der Waals surface area (Å²) in [7, 11) is 0. The molecule has 2 heteroatoms. The Morgan fingerprint density at radius 2 is 1.72 bits per heavy atom. The highest BCUT2D eigenvalue weighted by Crippen LogP contribution is 2.35. The Kier molecular flexibility index (Phi) is 4.08. The number of aryl methyl sites for hydroxylation is 1. The molecule has 1 aromatic rings. The van der Waals surface area contributed by atoms with Crippen molar-refractivity contribution in [3.63, 3.8) is 0 Å². The molecule has 2 rings (SSSR count). The molecule has 5 atom stereocenters. The second kappa shape index (κ2) is 5.41. The van der Waals surface area contributed by atoms with Gasteiger partial charge in [-0.15, -0.1) is 0 Å². The molecular formula is C16H24O2. The highest BCUT2D eigenvalue weighted by Gasteiger charge is 2.40. The van der Waals surface area contributed by atoms with Gasteiger partial charge in [-0.1, -0.05) is 36.8 Å². The Morgan fingerprint density at radius 1 is 1.11 bits per heavy atom. The molecule has 100 valence electrons. The lowest BCUT2D eigenvalue weighted by Crippen LogP contribution is -2.32. The third kappa shape index (κ3) is 2.76. The zero-order chi connectivity index (χ0) is 13.3. The lowest BCUT2D eigenvalue weighted by atomic mass is 9.82. The molecule has 0 bridgehead atoms. The van der Waals surface area contributed by atoms with Gasteiger partial charge in [0.1, 0.15) is 0 Å². The van der Waals surface area contributed by atoms with Crippen LogP contribution in [0.2, 0.25) is 0 Å². The summed E-state index contributed by atoms with van der Waals surface area (Å²) in [5.74, 6) is 0.654. The van der Waals surface area contributed by atoms with Crippen LogP contribution in [0, 0.1) is 18.8 Å². The monoisotopic (exact) mass is 248 g/mol. The van der Waals surface area contributed by atoms with E-state index in [1.54, 1.807) is 0 Å². The van der Waals surface area contributed by atoms with Crippen molar-refractivity contribution in [3.05, 3.63) is 35.4 Å². The Hall–Kier alpha value is -0.860. The first kappa shape index (κ1) is 13.6. The minimum absolute atomic E-state index is 0.149. The number of benzene rings is 1. The van der Waals surface area contributed by atoms with Gasteiger partial charge in [-0.25, -0.2) is 0 Å². The van der Waals surface area contributed by atoms with E-state index < -0.39 is 0 Å². The van der Waals surface area contributed by atoms with Crippen molar-refractivity contribution in [1.82, 2.24) is 0 Å². The van der Waals surface area contributed by atoms with Gasteiger partial charge < -0.3 is 9.84 Å². The Bertz CT molecular complexity index is 385. The van der Waals surface area contributed by atoms with Crippen molar-refractivity contribution in [2.24, 2.45) is 11.8 Å². The molecule has 0 aromatic heterocycles. The highest BCUT2D eigenvalue weighted by molar-refractivity contribution is 5.22. The quantitative estimate of drug-likeness (QED) is 0.891. The third-order valence-electron chi connectivity index (χ3n) is 4.33.